The van der Waals surface area contributed by atoms with Gasteiger partial charge in [-0.25, -0.2) is 4.98 Å². The molecule has 0 aliphatic rings. The minimum absolute atomic E-state index is 0.00382. The van der Waals surface area contributed by atoms with Crippen molar-refractivity contribution < 1.29 is 14.1 Å². The van der Waals surface area contributed by atoms with Crippen LogP contribution in [-0.4, -0.2) is 17.0 Å². The maximum absolute atomic E-state index is 10.7. The third kappa shape index (κ3) is 2.57. The van der Waals surface area contributed by atoms with Gasteiger partial charge in [0.1, 0.15) is 11.5 Å². The quantitative estimate of drug-likeness (QED) is 0.645. The first-order valence-corrected chi connectivity index (χ1v) is 5.14. The third-order valence-electron chi connectivity index (χ3n) is 2.33. The number of anilines is 1. The van der Waals surface area contributed by atoms with Crippen LogP contribution in [0.15, 0.2) is 35.2 Å². The molecule has 0 aliphatic carbocycles. The second kappa shape index (κ2) is 5.17. The van der Waals surface area contributed by atoms with Crippen molar-refractivity contribution >= 4 is 11.4 Å². The van der Waals surface area contributed by atoms with Gasteiger partial charge in [-0.3, -0.25) is 10.1 Å². The average molecular weight is 249 g/mol. The molecule has 7 heteroatoms. The van der Waals surface area contributed by atoms with Crippen LogP contribution in [0, 0.1) is 10.1 Å². The zero-order valence-corrected chi connectivity index (χ0v) is 9.62. The molecule has 94 valence electrons. The Hall–Kier alpha value is -2.57. The Kier molecular flexibility index (Phi) is 3.42. The average Bonchev–Trinajstić information content (AvgIpc) is 2.89. The largest absolute Gasteiger partial charge is 0.495 e. The van der Waals surface area contributed by atoms with E-state index in [0.29, 0.717) is 23.7 Å². The van der Waals surface area contributed by atoms with Gasteiger partial charge in [0.15, 0.2) is 6.39 Å². The molecule has 1 aromatic heterocycles. The van der Waals surface area contributed by atoms with Crippen LogP contribution >= 0.6 is 0 Å². The van der Waals surface area contributed by atoms with Crippen molar-refractivity contribution in [1.29, 1.82) is 0 Å². The molecule has 0 spiro atoms. The summed E-state index contributed by atoms with van der Waals surface area (Å²) in [5.74, 6) is 1.16. The molecule has 18 heavy (non-hydrogen) atoms. The smallest absolute Gasteiger partial charge is 0.271 e. The maximum atomic E-state index is 10.7. The molecule has 0 saturated carbocycles. The maximum Gasteiger partial charge on any atom is 0.271 e. The Labute approximate surface area is 103 Å². The van der Waals surface area contributed by atoms with Crippen molar-refractivity contribution in [2.45, 2.75) is 6.54 Å². The molecule has 0 bridgehead atoms. The van der Waals surface area contributed by atoms with E-state index in [1.807, 2.05) is 0 Å². The lowest BCUT2D eigenvalue weighted by molar-refractivity contribution is -0.384. The first kappa shape index (κ1) is 11.9. The van der Waals surface area contributed by atoms with E-state index in [-0.39, 0.29) is 5.69 Å². The Morgan fingerprint density at radius 1 is 1.56 bits per heavy atom. The van der Waals surface area contributed by atoms with Gasteiger partial charge >= 0.3 is 0 Å². The normalized spacial score (nSPS) is 10.1. The van der Waals surface area contributed by atoms with Crippen LogP contribution in [-0.2, 0) is 6.54 Å². The van der Waals surface area contributed by atoms with Crippen molar-refractivity contribution in [3.63, 3.8) is 0 Å². The van der Waals surface area contributed by atoms with Gasteiger partial charge in [-0.15, -0.1) is 0 Å². The van der Waals surface area contributed by atoms with Crippen LogP contribution in [0.5, 0.6) is 5.75 Å². The number of hydrogen-bond acceptors (Lipinski definition) is 6. The van der Waals surface area contributed by atoms with E-state index in [2.05, 4.69) is 10.3 Å². The van der Waals surface area contributed by atoms with Gasteiger partial charge in [0.2, 0.25) is 0 Å². The number of nitro groups is 1. The topological polar surface area (TPSA) is 90.4 Å². The minimum Gasteiger partial charge on any atom is -0.495 e. The lowest BCUT2D eigenvalue weighted by Crippen LogP contribution is -2.01. The molecule has 2 rings (SSSR count). The number of oxazole rings is 1. The molecule has 7 nitrogen and oxygen atoms in total. The highest BCUT2D eigenvalue weighted by molar-refractivity contribution is 5.61. The van der Waals surface area contributed by atoms with Crippen LogP contribution in [0.3, 0.4) is 0 Å². The molecule has 0 unspecified atom stereocenters. The monoisotopic (exact) mass is 249 g/mol. The summed E-state index contributed by atoms with van der Waals surface area (Å²) in [6.45, 7) is 0.373. The third-order valence-corrected chi connectivity index (χ3v) is 2.33. The molecule has 0 fully saturated rings. The standard InChI is InChI=1S/C11H11N3O4/c1-17-11-3-2-8(14(15)16)4-10(11)13-6-9-5-12-7-18-9/h2-5,7,13H,6H2,1H3. The second-order valence-corrected chi connectivity index (χ2v) is 3.46. The number of methoxy groups -OCH3 is 1. The van der Waals surface area contributed by atoms with Crippen LogP contribution < -0.4 is 10.1 Å². The molecule has 0 atom stereocenters. The van der Waals surface area contributed by atoms with Gasteiger partial charge in [0.25, 0.3) is 5.69 Å². The molecule has 1 aromatic carbocycles. The summed E-state index contributed by atoms with van der Waals surface area (Å²) in [4.78, 5) is 14.0. The van der Waals surface area contributed by atoms with Gasteiger partial charge in [0.05, 0.1) is 30.5 Å². The molecule has 0 amide bonds. The fourth-order valence-corrected chi connectivity index (χ4v) is 1.46. The van der Waals surface area contributed by atoms with E-state index in [1.165, 1.54) is 25.6 Å². The Morgan fingerprint density at radius 3 is 3.00 bits per heavy atom. The minimum atomic E-state index is -0.459. The Morgan fingerprint density at radius 2 is 2.39 bits per heavy atom. The molecular weight excluding hydrogens is 238 g/mol. The first-order chi connectivity index (χ1) is 8.70. The zero-order valence-electron chi connectivity index (χ0n) is 9.62. The van der Waals surface area contributed by atoms with Crippen molar-refractivity contribution in [2.75, 3.05) is 12.4 Å². The summed E-state index contributed by atoms with van der Waals surface area (Å²) in [7, 11) is 1.50. The summed E-state index contributed by atoms with van der Waals surface area (Å²) in [6.07, 6.45) is 2.89. The number of aromatic nitrogens is 1. The van der Waals surface area contributed by atoms with E-state index in [9.17, 15) is 10.1 Å². The molecule has 1 heterocycles. The number of nitrogens with zero attached hydrogens (tertiary/aromatic N) is 2. The molecule has 1 N–H and O–H groups in total. The van der Waals surface area contributed by atoms with Crippen LogP contribution in [0.1, 0.15) is 5.76 Å². The van der Waals surface area contributed by atoms with E-state index in [1.54, 1.807) is 12.3 Å². The predicted octanol–water partition coefficient (Wildman–Crippen LogP) is 2.20. The van der Waals surface area contributed by atoms with E-state index in [4.69, 9.17) is 9.15 Å². The SMILES string of the molecule is COc1ccc([N+](=O)[O-])cc1NCc1cnco1. The highest BCUT2D eigenvalue weighted by Crippen LogP contribution is 2.29. The van der Waals surface area contributed by atoms with Crippen molar-refractivity contribution in [2.24, 2.45) is 0 Å². The Bertz CT molecular complexity index is 539. The summed E-state index contributed by atoms with van der Waals surface area (Å²) < 4.78 is 10.2. The summed E-state index contributed by atoms with van der Waals surface area (Å²) in [6, 6.07) is 4.34. The fourth-order valence-electron chi connectivity index (χ4n) is 1.46. The van der Waals surface area contributed by atoms with E-state index in [0.717, 1.165) is 0 Å². The number of non-ortho nitro benzene ring substituents is 1. The number of ether oxygens (including phenoxy) is 1. The zero-order chi connectivity index (χ0) is 13.0. The van der Waals surface area contributed by atoms with E-state index < -0.39 is 4.92 Å². The lowest BCUT2D eigenvalue weighted by atomic mass is 10.2. The van der Waals surface area contributed by atoms with Crippen molar-refractivity contribution in [3.05, 3.63) is 46.7 Å². The molecule has 2 aromatic rings. The molecule has 0 aliphatic heterocycles. The van der Waals surface area contributed by atoms with Crippen molar-refractivity contribution in [1.82, 2.24) is 4.98 Å². The van der Waals surface area contributed by atoms with Gasteiger partial charge in [-0.2, -0.15) is 0 Å². The highest BCUT2D eigenvalue weighted by Gasteiger charge is 2.11. The molecule has 0 radical (unpaired) electrons. The van der Waals surface area contributed by atoms with Gasteiger partial charge in [-0.1, -0.05) is 0 Å². The summed E-state index contributed by atoms with van der Waals surface area (Å²) in [5.41, 5.74) is 0.527. The predicted molar refractivity (Wildman–Crippen MR) is 63.5 cm³/mol. The number of rotatable bonds is 5. The number of benzene rings is 1. The lowest BCUT2D eigenvalue weighted by Gasteiger charge is -2.09. The van der Waals surface area contributed by atoms with Gasteiger partial charge in [-0.05, 0) is 6.07 Å². The summed E-state index contributed by atoms with van der Waals surface area (Å²) in [5, 5.41) is 13.7. The second-order valence-electron chi connectivity index (χ2n) is 3.46. The number of nitrogens with one attached hydrogen (secondary N) is 1. The molecular formula is C11H11N3O4. The fraction of sp³-hybridized carbons (Fsp3) is 0.182. The van der Waals surface area contributed by atoms with Crippen LogP contribution in [0.25, 0.3) is 0 Å². The number of hydrogen-bond donors (Lipinski definition) is 1. The number of nitro benzene ring substituents is 1. The van der Waals surface area contributed by atoms with Crippen LogP contribution in [0.4, 0.5) is 11.4 Å². The summed E-state index contributed by atoms with van der Waals surface area (Å²) >= 11 is 0. The van der Waals surface area contributed by atoms with Crippen molar-refractivity contribution in [3.8, 4) is 5.75 Å². The van der Waals surface area contributed by atoms with Gasteiger partial charge in [0, 0.05) is 12.1 Å². The highest BCUT2D eigenvalue weighted by atomic mass is 16.6. The Balaban J connectivity index is 2.18. The van der Waals surface area contributed by atoms with Gasteiger partial charge < -0.3 is 14.5 Å². The first-order valence-electron chi connectivity index (χ1n) is 5.14. The molecule has 0 saturated heterocycles. The van der Waals surface area contributed by atoms with Crippen LogP contribution in [0.2, 0.25) is 0 Å². The van der Waals surface area contributed by atoms with E-state index >= 15 is 0 Å².